The van der Waals surface area contributed by atoms with Gasteiger partial charge in [-0.1, -0.05) is 12.5 Å². The lowest BCUT2D eigenvalue weighted by Gasteiger charge is -2.15. The minimum Gasteiger partial charge on any atom is -0.309 e. The quantitative estimate of drug-likeness (QED) is 0.730. The van der Waals surface area contributed by atoms with Gasteiger partial charge in [0, 0.05) is 17.1 Å². The third kappa shape index (κ3) is 3.60. The van der Waals surface area contributed by atoms with Gasteiger partial charge in [-0.3, -0.25) is 4.98 Å². The molecule has 3 heteroatoms. The molecule has 0 aliphatic carbocycles. The molecule has 0 saturated heterocycles. The molecule has 0 aromatic carbocycles. The Hall–Kier alpha value is -0.670. The Bertz CT molecular complexity index is 267. The van der Waals surface area contributed by atoms with Gasteiger partial charge in [-0.15, -0.1) is 17.9 Å². The number of aromatic nitrogens is 1. The number of nitrogens with zero attached hydrogens (tertiary/aromatic N) is 1. The number of allylic oxidation sites excluding steroid dienone is 1. The average molecular weight is 210 g/mol. The minimum absolute atomic E-state index is 0.448. The molecule has 1 aromatic heterocycles. The van der Waals surface area contributed by atoms with Gasteiger partial charge in [0.1, 0.15) is 0 Å². The summed E-state index contributed by atoms with van der Waals surface area (Å²) in [6, 6.07) is 0.448. The van der Waals surface area contributed by atoms with Crippen molar-refractivity contribution in [3.63, 3.8) is 0 Å². The smallest absolute Gasteiger partial charge is 0.0794 e. The van der Waals surface area contributed by atoms with E-state index >= 15 is 0 Å². The van der Waals surface area contributed by atoms with Gasteiger partial charge < -0.3 is 5.32 Å². The maximum atomic E-state index is 4.11. The van der Waals surface area contributed by atoms with Crippen molar-refractivity contribution in [3.05, 3.63) is 28.7 Å². The van der Waals surface area contributed by atoms with Gasteiger partial charge in [-0.25, -0.2) is 0 Å². The predicted molar refractivity (Wildman–Crippen MR) is 62.6 cm³/mol. The standard InChI is InChI=1S/C11H18N2S/c1-4-13-10(6-5-9(2)3)11-7-12-8-14-11/h7-8,10,13H,2,4-6H2,1,3H3. The number of rotatable bonds is 6. The van der Waals surface area contributed by atoms with Gasteiger partial charge in [0.15, 0.2) is 0 Å². The first-order valence-corrected chi connectivity index (χ1v) is 5.88. The van der Waals surface area contributed by atoms with E-state index in [1.54, 1.807) is 11.3 Å². The fourth-order valence-corrected chi connectivity index (χ4v) is 2.11. The Kier molecular flexibility index (Phi) is 4.84. The van der Waals surface area contributed by atoms with E-state index in [9.17, 15) is 0 Å². The molecule has 0 bridgehead atoms. The van der Waals surface area contributed by atoms with Gasteiger partial charge in [0.05, 0.1) is 5.51 Å². The van der Waals surface area contributed by atoms with Crippen molar-refractivity contribution in [3.8, 4) is 0 Å². The van der Waals surface area contributed by atoms with Gasteiger partial charge in [-0.2, -0.15) is 0 Å². The fraction of sp³-hybridized carbons (Fsp3) is 0.545. The van der Waals surface area contributed by atoms with Crippen LogP contribution < -0.4 is 5.32 Å². The van der Waals surface area contributed by atoms with Gasteiger partial charge >= 0.3 is 0 Å². The van der Waals surface area contributed by atoms with Crippen LogP contribution in [-0.2, 0) is 0 Å². The first kappa shape index (κ1) is 11.4. The summed E-state index contributed by atoms with van der Waals surface area (Å²) in [4.78, 5) is 5.44. The highest BCUT2D eigenvalue weighted by molar-refractivity contribution is 7.09. The summed E-state index contributed by atoms with van der Waals surface area (Å²) in [6.45, 7) is 9.14. The Morgan fingerprint density at radius 3 is 3.00 bits per heavy atom. The van der Waals surface area contributed by atoms with Crippen LogP contribution in [0.4, 0.5) is 0 Å². The second kappa shape index (κ2) is 5.94. The lowest BCUT2D eigenvalue weighted by Crippen LogP contribution is -2.19. The van der Waals surface area contributed by atoms with Crippen molar-refractivity contribution in [2.24, 2.45) is 0 Å². The van der Waals surface area contributed by atoms with Crippen molar-refractivity contribution in [2.45, 2.75) is 32.7 Å². The summed E-state index contributed by atoms with van der Waals surface area (Å²) in [5.74, 6) is 0. The number of hydrogen-bond donors (Lipinski definition) is 1. The van der Waals surface area contributed by atoms with Crippen LogP contribution in [0.25, 0.3) is 0 Å². The molecule has 0 radical (unpaired) electrons. The van der Waals surface area contributed by atoms with Crippen LogP contribution in [0.1, 0.15) is 37.6 Å². The summed E-state index contributed by atoms with van der Waals surface area (Å²) < 4.78 is 0. The maximum absolute atomic E-state index is 4.11. The highest BCUT2D eigenvalue weighted by atomic mass is 32.1. The summed E-state index contributed by atoms with van der Waals surface area (Å²) in [5, 5.41) is 3.47. The normalized spacial score (nSPS) is 12.7. The molecule has 1 N–H and O–H groups in total. The highest BCUT2D eigenvalue weighted by Crippen LogP contribution is 2.23. The zero-order valence-corrected chi connectivity index (χ0v) is 9.73. The molecule has 1 aromatic rings. The van der Waals surface area contributed by atoms with Crippen molar-refractivity contribution < 1.29 is 0 Å². The summed E-state index contributed by atoms with van der Waals surface area (Å²) in [6.07, 6.45) is 4.15. The lowest BCUT2D eigenvalue weighted by atomic mass is 10.1. The van der Waals surface area contributed by atoms with Crippen LogP contribution in [-0.4, -0.2) is 11.5 Å². The first-order valence-electron chi connectivity index (χ1n) is 5.00. The molecule has 78 valence electrons. The molecular formula is C11H18N2S. The van der Waals surface area contributed by atoms with Crippen LogP contribution >= 0.6 is 11.3 Å². The van der Waals surface area contributed by atoms with Crippen LogP contribution in [0.5, 0.6) is 0 Å². The molecule has 2 nitrogen and oxygen atoms in total. The Morgan fingerprint density at radius 2 is 2.50 bits per heavy atom. The van der Waals surface area contributed by atoms with Crippen LogP contribution in [0.15, 0.2) is 23.9 Å². The molecule has 0 fully saturated rings. The van der Waals surface area contributed by atoms with Crippen molar-refractivity contribution in [1.29, 1.82) is 0 Å². The van der Waals surface area contributed by atoms with Gasteiger partial charge in [-0.05, 0) is 26.3 Å². The third-order valence-electron chi connectivity index (χ3n) is 2.11. The molecule has 0 amide bonds. The molecule has 0 saturated carbocycles. The highest BCUT2D eigenvalue weighted by Gasteiger charge is 2.10. The average Bonchev–Trinajstić information content (AvgIpc) is 2.64. The molecule has 0 aliphatic rings. The predicted octanol–water partition coefficient (Wildman–Crippen LogP) is 3.15. The largest absolute Gasteiger partial charge is 0.309 e. The van der Waals surface area contributed by atoms with Gasteiger partial charge in [0.25, 0.3) is 0 Å². The maximum Gasteiger partial charge on any atom is 0.0794 e. The van der Waals surface area contributed by atoms with Crippen molar-refractivity contribution >= 4 is 11.3 Å². The molecule has 1 unspecified atom stereocenters. The first-order chi connectivity index (χ1) is 6.74. The second-order valence-corrected chi connectivity index (χ2v) is 4.43. The molecule has 14 heavy (non-hydrogen) atoms. The fourth-order valence-electron chi connectivity index (χ4n) is 1.38. The summed E-state index contributed by atoms with van der Waals surface area (Å²) in [5.41, 5.74) is 3.14. The van der Waals surface area contributed by atoms with E-state index in [-0.39, 0.29) is 0 Å². The van der Waals surface area contributed by atoms with Crippen molar-refractivity contribution in [1.82, 2.24) is 10.3 Å². The van der Waals surface area contributed by atoms with E-state index in [4.69, 9.17) is 0 Å². The minimum atomic E-state index is 0.448. The zero-order valence-electron chi connectivity index (χ0n) is 8.92. The molecule has 1 rings (SSSR count). The van der Waals surface area contributed by atoms with Crippen LogP contribution in [0.3, 0.4) is 0 Å². The van der Waals surface area contributed by atoms with E-state index in [2.05, 4.69) is 30.7 Å². The molecule has 1 heterocycles. The molecule has 0 aliphatic heterocycles. The van der Waals surface area contributed by atoms with E-state index in [1.165, 1.54) is 10.5 Å². The number of thiazole rings is 1. The van der Waals surface area contributed by atoms with E-state index in [1.807, 2.05) is 11.7 Å². The molecular weight excluding hydrogens is 192 g/mol. The van der Waals surface area contributed by atoms with Crippen LogP contribution in [0, 0.1) is 0 Å². The second-order valence-electron chi connectivity index (χ2n) is 3.51. The topological polar surface area (TPSA) is 24.9 Å². The Balaban J connectivity index is 2.51. The number of nitrogens with one attached hydrogen (secondary N) is 1. The zero-order chi connectivity index (χ0) is 10.4. The monoisotopic (exact) mass is 210 g/mol. The SMILES string of the molecule is C=C(C)CCC(NCC)c1cncs1. The lowest BCUT2D eigenvalue weighted by molar-refractivity contribution is 0.521. The van der Waals surface area contributed by atoms with E-state index in [0.717, 1.165) is 19.4 Å². The number of hydrogen-bond acceptors (Lipinski definition) is 3. The third-order valence-corrected chi connectivity index (χ3v) is 2.99. The summed E-state index contributed by atoms with van der Waals surface area (Å²) in [7, 11) is 0. The van der Waals surface area contributed by atoms with E-state index in [0.29, 0.717) is 6.04 Å². The summed E-state index contributed by atoms with van der Waals surface area (Å²) >= 11 is 1.72. The van der Waals surface area contributed by atoms with E-state index < -0.39 is 0 Å². The van der Waals surface area contributed by atoms with Gasteiger partial charge in [0.2, 0.25) is 0 Å². The van der Waals surface area contributed by atoms with Crippen molar-refractivity contribution in [2.75, 3.05) is 6.54 Å². The molecule has 0 spiro atoms. The molecule has 1 atom stereocenters. The Labute approximate surface area is 90.1 Å². The Morgan fingerprint density at radius 1 is 1.71 bits per heavy atom. The van der Waals surface area contributed by atoms with Crippen LogP contribution in [0.2, 0.25) is 0 Å².